The summed E-state index contributed by atoms with van der Waals surface area (Å²) >= 11 is 2.93. The standard InChI is InChI=1S/C10H8BrF3O2/c1-5(15)8-6(11)3-4-7(16-2)9(8)10(12,13)14/h3-4H,1-2H3. The van der Waals surface area contributed by atoms with E-state index < -0.39 is 23.1 Å². The van der Waals surface area contributed by atoms with Crippen LogP contribution in [0, 0.1) is 0 Å². The third-order valence-corrected chi connectivity index (χ3v) is 2.63. The van der Waals surface area contributed by atoms with E-state index >= 15 is 0 Å². The molecule has 0 fully saturated rings. The van der Waals surface area contributed by atoms with Gasteiger partial charge in [-0.3, -0.25) is 4.79 Å². The Balaban J connectivity index is 3.62. The molecule has 0 aliphatic heterocycles. The van der Waals surface area contributed by atoms with Gasteiger partial charge < -0.3 is 4.74 Å². The number of carbonyl (C=O) groups is 1. The van der Waals surface area contributed by atoms with Crippen molar-refractivity contribution in [2.24, 2.45) is 0 Å². The van der Waals surface area contributed by atoms with E-state index in [9.17, 15) is 18.0 Å². The van der Waals surface area contributed by atoms with Crippen LogP contribution < -0.4 is 4.74 Å². The number of rotatable bonds is 2. The van der Waals surface area contributed by atoms with E-state index in [1.54, 1.807) is 0 Å². The molecule has 2 nitrogen and oxygen atoms in total. The van der Waals surface area contributed by atoms with Crippen molar-refractivity contribution in [3.8, 4) is 5.75 Å². The molecule has 88 valence electrons. The number of halogens is 4. The van der Waals surface area contributed by atoms with Crippen LogP contribution in [0.4, 0.5) is 13.2 Å². The summed E-state index contributed by atoms with van der Waals surface area (Å²) < 4.78 is 43.1. The fourth-order valence-corrected chi connectivity index (χ4v) is 1.96. The summed E-state index contributed by atoms with van der Waals surface area (Å²) in [4.78, 5) is 11.2. The maximum Gasteiger partial charge on any atom is 0.420 e. The van der Waals surface area contributed by atoms with Crippen LogP contribution in [-0.2, 0) is 6.18 Å². The normalized spacial score (nSPS) is 11.4. The smallest absolute Gasteiger partial charge is 0.420 e. The number of Topliss-reactive ketones (excluding diaryl/α,β-unsaturated/α-hetero) is 1. The summed E-state index contributed by atoms with van der Waals surface area (Å²) in [7, 11) is 1.13. The molecule has 0 amide bonds. The molecule has 16 heavy (non-hydrogen) atoms. The van der Waals surface area contributed by atoms with E-state index in [-0.39, 0.29) is 10.2 Å². The average molecular weight is 297 g/mol. The number of ketones is 1. The van der Waals surface area contributed by atoms with Crippen LogP contribution in [0.2, 0.25) is 0 Å². The number of alkyl halides is 3. The Hall–Kier alpha value is -1.04. The molecule has 0 N–H and O–H groups in total. The van der Waals surface area contributed by atoms with Crippen LogP contribution in [0.25, 0.3) is 0 Å². The molecule has 0 saturated carbocycles. The van der Waals surface area contributed by atoms with Gasteiger partial charge in [-0.05, 0) is 19.1 Å². The minimum absolute atomic E-state index is 0.105. The van der Waals surface area contributed by atoms with Crippen molar-refractivity contribution in [1.29, 1.82) is 0 Å². The highest BCUT2D eigenvalue weighted by Gasteiger charge is 2.39. The van der Waals surface area contributed by atoms with Crippen LogP contribution in [0.3, 0.4) is 0 Å². The summed E-state index contributed by atoms with van der Waals surface area (Å²) in [5.41, 5.74) is -1.45. The summed E-state index contributed by atoms with van der Waals surface area (Å²) in [6, 6.07) is 2.52. The molecule has 0 bridgehead atoms. The highest BCUT2D eigenvalue weighted by molar-refractivity contribution is 9.10. The van der Waals surface area contributed by atoms with Gasteiger partial charge in [0.2, 0.25) is 0 Å². The molecule has 1 aromatic rings. The van der Waals surface area contributed by atoms with Gasteiger partial charge in [-0.2, -0.15) is 13.2 Å². The molecular formula is C10H8BrF3O2. The van der Waals surface area contributed by atoms with Gasteiger partial charge in [0.15, 0.2) is 5.78 Å². The first-order chi connectivity index (χ1) is 7.29. The van der Waals surface area contributed by atoms with Crippen molar-refractivity contribution in [1.82, 2.24) is 0 Å². The van der Waals surface area contributed by atoms with Crippen LogP contribution in [-0.4, -0.2) is 12.9 Å². The number of hydrogen-bond acceptors (Lipinski definition) is 2. The zero-order valence-electron chi connectivity index (χ0n) is 8.48. The van der Waals surface area contributed by atoms with Crippen LogP contribution >= 0.6 is 15.9 Å². The molecule has 0 atom stereocenters. The molecule has 1 aromatic carbocycles. The Kier molecular flexibility index (Phi) is 3.62. The molecule has 6 heteroatoms. The average Bonchev–Trinajstić information content (AvgIpc) is 2.15. The van der Waals surface area contributed by atoms with E-state index in [0.717, 1.165) is 14.0 Å². The number of carbonyl (C=O) groups excluding carboxylic acids is 1. The lowest BCUT2D eigenvalue weighted by atomic mass is 10.0. The zero-order chi connectivity index (χ0) is 12.5. The highest BCUT2D eigenvalue weighted by Crippen LogP contribution is 2.41. The first kappa shape index (κ1) is 13.0. The monoisotopic (exact) mass is 296 g/mol. The Morgan fingerprint density at radius 1 is 1.38 bits per heavy atom. The maximum absolute atomic E-state index is 12.8. The summed E-state index contributed by atoms with van der Waals surface area (Å²) in [6.45, 7) is 1.08. The Bertz CT molecular complexity index is 427. The maximum atomic E-state index is 12.8. The van der Waals surface area contributed by atoms with Gasteiger partial charge in [-0.15, -0.1) is 0 Å². The van der Waals surface area contributed by atoms with Gasteiger partial charge in [0.1, 0.15) is 11.3 Å². The lowest BCUT2D eigenvalue weighted by molar-refractivity contribution is -0.139. The van der Waals surface area contributed by atoms with Crippen LogP contribution in [0.1, 0.15) is 22.8 Å². The van der Waals surface area contributed by atoms with Crippen molar-refractivity contribution in [3.63, 3.8) is 0 Å². The molecule has 0 heterocycles. The highest BCUT2D eigenvalue weighted by atomic mass is 79.9. The number of ether oxygens (including phenoxy) is 1. The van der Waals surface area contributed by atoms with E-state index in [4.69, 9.17) is 0 Å². The summed E-state index contributed by atoms with van der Waals surface area (Å²) in [5.74, 6) is -1.03. The second-order valence-corrected chi connectivity index (χ2v) is 3.91. The summed E-state index contributed by atoms with van der Waals surface area (Å²) in [6.07, 6.45) is -4.63. The molecule has 1 rings (SSSR count). The van der Waals surface area contributed by atoms with Gasteiger partial charge in [0.25, 0.3) is 0 Å². The molecule has 0 radical (unpaired) electrons. The molecule has 0 saturated heterocycles. The zero-order valence-corrected chi connectivity index (χ0v) is 10.1. The molecule has 0 aliphatic carbocycles. The Labute approximate surface area is 98.5 Å². The predicted octanol–water partition coefficient (Wildman–Crippen LogP) is 3.68. The fourth-order valence-electron chi connectivity index (χ4n) is 1.35. The second-order valence-electron chi connectivity index (χ2n) is 3.05. The quantitative estimate of drug-likeness (QED) is 0.778. The third-order valence-electron chi connectivity index (χ3n) is 1.97. The van der Waals surface area contributed by atoms with Gasteiger partial charge in [-0.25, -0.2) is 0 Å². The lowest BCUT2D eigenvalue weighted by Crippen LogP contribution is -2.14. The SMILES string of the molecule is COc1ccc(Br)c(C(C)=O)c1C(F)(F)F. The number of benzene rings is 1. The van der Waals surface area contributed by atoms with Gasteiger partial charge in [0, 0.05) is 10.0 Å². The van der Waals surface area contributed by atoms with E-state index in [0.29, 0.717) is 0 Å². The molecule has 0 spiro atoms. The van der Waals surface area contributed by atoms with Crippen molar-refractivity contribution >= 4 is 21.7 Å². The Morgan fingerprint density at radius 2 is 1.94 bits per heavy atom. The molecular weight excluding hydrogens is 289 g/mol. The molecule has 0 unspecified atom stereocenters. The molecule has 0 aromatic heterocycles. The van der Waals surface area contributed by atoms with Crippen molar-refractivity contribution in [3.05, 3.63) is 27.7 Å². The number of hydrogen-bond donors (Lipinski definition) is 0. The van der Waals surface area contributed by atoms with Crippen LogP contribution in [0.15, 0.2) is 16.6 Å². The largest absolute Gasteiger partial charge is 0.496 e. The van der Waals surface area contributed by atoms with Gasteiger partial charge >= 0.3 is 6.18 Å². The first-order valence-electron chi connectivity index (χ1n) is 4.23. The van der Waals surface area contributed by atoms with Crippen molar-refractivity contribution in [2.75, 3.05) is 7.11 Å². The first-order valence-corrected chi connectivity index (χ1v) is 5.03. The predicted molar refractivity (Wildman–Crippen MR) is 55.7 cm³/mol. The van der Waals surface area contributed by atoms with E-state index in [2.05, 4.69) is 20.7 Å². The minimum Gasteiger partial charge on any atom is -0.496 e. The van der Waals surface area contributed by atoms with E-state index in [1.807, 2.05) is 0 Å². The minimum atomic E-state index is -4.63. The van der Waals surface area contributed by atoms with Gasteiger partial charge in [-0.1, -0.05) is 15.9 Å². The van der Waals surface area contributed by atoms with Crippen molar-refractivity contribution < 1.29 is 22.7 Å². The third kappa shape index (κ3) is 2.37. The number of methoxy groups -OCH3 is 1. The summed E-state index contributed by atoms with van der Waals surface area (Å²) in [5, 5.41) is 0. The van der Waals surface area contributed by atoms with Crippen LogP contribution in [0.5, 0.6) is 5.75 Å². The van der Waals surface area contributed by atoms with E-state index in [1.165, 1.54) is 12.1 Å². The topological polar surface area (TPSA) is 26.3 Å². The fraction of sp³-hybridized carbons (Fsp3) is 0.300. The lowest BCUT2D eigenvalue weighted by Gasteiger charge is -2.16. The second kappa shape index (κ2) is 4.45. The Morgan fingerprint density at radius 3 is 2.31 bits per heavy atom. The van der Waals surface area contributed by atoms with Gasteiger partial charge in [0.05, 0.1) is 7.11 Å². The molecule has 0 aliphatic rings. The van der Waals surface area contributed by atoms with Crippen molar-refractivity contribution in [2.45, 2.75) is 13.1 Å².